The first-order valence-electron chi connectivity index (χ1n) is 13.8. The number of hydrogen-bond acceptors (Lipinski definition) is 4. The summed E-state index contributed by atoms with van der Waals surface area (Å²) >= 11 is 1.83. The summed E-state index contributed by atoms with van der Waals surface area (Å²) in [7, 11) is 0. The highest BCUT2D eigenvalue weighted by Gasteiger charge is 2.33. The van der Waals surface area contributed by atoms with Crippen LogP contribution in [0.5, 0.6) is 0 Å². The Balaban J connectivity index is 1.26. The third-order valence-corrected chi connectivity index (χ3v) is 9.45. The molecule has 5 nitrogen and oxygen atoms in total. The van der Waals surface area contributed by atoms with E-state index in [1.807, 2.05) is 24.0 Å². The van der Waals surface area contributed by atoms with E-state index in [-0.39, 0.29) is 0 Å². The first kappa shape index (κ1) is 22.8. The van der Waals surface area contributed by atoms with Gasteiger partial charge in [-0.3, -0.25) is 8.97 Å². The number of nitrogens with zero attached hydrogens (tertiary/aromatic N) is 5. The predicted octanol–water partition coefficient (Wildman–Crippen LogP) is 8.24. The number of thioether (sulfide) groups is 1. The normalized spacial score (nSPS) is 17.5. The van der Waals surface area contributed by atoms with Crippen molar-refractivity contribution in [2.24, 2.45) is 0 Å². The molecule has 7 aromatic rings. The highest BCUT2D eigenvalue weighted by molar-refractivity contribution is 8.00. The lowest BCUT2D eigenvalue weighted by Crippen LogP contribution is -2.07. The minimum Gasteiger partial charge on any atom is -0.278 e. The average Bonchev–Trinajstić information content (AvgIpc) is 3.69. The molecule has 0 saturated heterocycles. The molecule has 6 heteroatoms. The third-order valence-electron chi connectivity index (χ3n) is 8.18. The summed E-state index contributed by atoms with van der Waals surface area (Å²) in [4.78, 5) is 15.1. The second kappa shape index (κ2) is 8.78. The van der Waals surface area contributed by atoms with Gasteiger partial charge in [0.1, 0.15) is 5.03 Å². The van der Waals surface area contributed by atoms with Gasteiger partial charge in [-0.25, -0.2) is 15.0 Å². The molecule has 2 atom stereocenters. The molecule has 0 amide bonds. The van der Waals surface area contributed by atoms with Gasteiger partial charge in [0.05, 0.1) is 27.8 Å². The summed E-state index contributed by atoms with van der Waals surface area (Å²) in [6.07, 6.45) is 10.8. The Kier molecular flexibility index (Phi) is 4.89. The van der Waals surface area contributed by atoms with Crippen molar-refractivity contribution in [2.75, 3.05) is 0 Å². The van der Waals surface area contributed by atoms with E-state index in [4.69, 9.17) is 15.0 Å². The van der Waals surface area contributed by atoms with Crippen LogP contribution >= 0.6 is 11.8 Å². The van der Waals surface area contributed by atoms with Gasteiger partial charge in [-0.05, 0) is 35.9 Å². The fourth-order valence-electron chi connectivity index (χ4n) is 6.33. The van der Waals surface area contributed by atoms with Gasteiger partial charge in [0.15, 0.2) is 5.82 Å². The number of rotatable bonds is 3. The zero-order chi connectivity index (χ0) is 26.9. The molecule has 0 fully saturated rings. The zero-order valence-electron chi connectivity index (χ0n) is 21.9. The van der Waals surface area contributed by atoms with E-state index in [0.29, 0.717) is 11.2 Å². The van der Waals surface area contributed by atoms with E-state index in [1.165, 1.54) is 5.56 Å². The molecule has 1 aliphatic carbocycles. The van der Waals surface area contributed by atoms with Crippen LogP contribution in [0.15, 0.2) is 133 Å². The highest BCUT2D eigenvalue weighted by Crippen LogP contribution is 2.47. The van der Waals surface area contributed by atoms with Crippen LogP contribution < -0.4 is 0 Å². The predicted molar refractivity (Wildman–Crippen MR) is 167 cm³/mol. The molecule has 1 aliphatic heterocycles. The lowest BCUT2D eigenvalue weighted by Gasteiger charge is -2.15. The molecular formula is C35H23N5S. The first-order chi connectivity index (χ1) is 20.3. The molecule has 194 valence electrons. The van der Waals surface area contributed by atoms with Crippen molar-refractivity contribution >= 4 is 39.6 Å². The fourth-order valence-corrected chi connectivity index (χ4v) is 7.61. The molecule has 0 saturated carbocycles. The number of fused-ring (bicyclic) bond motifs is 8. The molecule has 41 heavy (non-hydrogen) atoms. The summed E-state index contributed by atoms with van der Waals surface area (Å²) in [6.45, 7) is 0. The molecule has 3 aromatic heterocycles. The van der Waals surface area contributed by atoms with Gasteiger partial charge in [0.25, 0.3) is 0 Å². The van der Waals surface area contributed by atoms with Crippen molar-refractivity contribution in [1.82, 2.24) is 23.9 Å². The number of para-hydroxylation sites is 5. The summed E-state index contributed by atoms with van der Waals surface area (Å²) < 4.78 is 4.54. The molecule has 0 spiro atoms. The maximum Gasteiger partial charge on any atom is 0.220 e. The van der Waals surface area contributed by atoms with Crippen molar-refractivity contribution in [3.05, 3.63) is 133 Å². The van der Waals surface area contributed by atoms with Gasteiger partial charge >= 0.3 is 0 Å². The Hall–Kier alpha value is -4.94. The number of benzene rings is 4. The minimum atomic E-state index is 0.347. The van der Waals surface area contributed by atoms with Crippen LogP contribution in [0.3, 0.4) is 0 Å². The highest BCUT2D eigenvalue weighted by atomic mass is 32.2. The maximum absolute atomic E-state index is 5.12. The molecule has 4 heterocycles. The van der Waals surface area contributed by atoms with Crippen LogP contribution in [-0.2, 0) is 0 Å². The largest absolute Gasteiger partial charge is 0.278 e. The lowest BCUT2D eigenvalue weighted by molar-refractivity contribution is 0.852. The second-order valence-corrected chi connectivity index (χ2v) is 11.6. The van der Waals surface area contributed by atoms with Crippen LogP contribution in [0.2, 0.25) is 0 Å². The van der Waals surface area contributed by atoms with Gasteiger partial charge < -0.3 is 0 Å². The molecule has 2 aliphatic rings. The molecular weight excluding hydrogens is 522 g/mol. The van der Waals surface area contributed by atoms with Gasteiger partial charge in [-0.1, -0.05) is 103 Å². The Labute approximate surface area is 240 Å². The van der Waals surface area contributed by atoms with E-state index >= 15 is 0 Å². The van der Waals surface area contributed by atoms with Crippen molar-refractivity contribution in [3.63, 3.8) is 0 Å². The van der Waals surface area contributed by atoms with Crippen LogP contribution in [0.25, 0.3) is 56.0 Å². The molecule has 0 N–H and O–H groups in total. The van der Waals surface area contributed by atoms with Gasteiger partial charge in [0, 0.05) is 34.1 Å². The lowest BCUT2D eigenvalue weighted by atomic mass is 9.94. The standard InChI is InChI=1S/C35H23N5S/c1-2-14-25(33-36-21-26-24-13-4-10-20-32(24)41-34(26)38-33)22(11-1)23-12-3-6-16-28(23)39-30-18-8-9-19-31(30)40-29-17-7-5-15-27(29)37-35(39)40/h1-21,24,32H. The first-order valence-corrected chi connectivity index (χ1v) is 14.7. The summed E-state index contributed by atoms with van der Waals surface area (Å²) in [5.41, 5.74) is 9.82. The number of allylic oxidation sites excluding steroid dienone is 3. The van der Waals surface area contributed by atoms with Gasteiger partial charge in [-0.2, -0.15) is 0 Å². The maximum atomic E-state index is 5.12. The van der Waals surface area contributed by atoms with Crippen molar-refractivity contribution in [3.8, 4) is 28.2 Å². The molecule has 4 aromatic carbocycles. The molecule has 0 bridgehead atoms. The summed E-state index contributed by atoms with van der Waals surface area (Å²) in [5, 5.41) is 1.47. The van der Waals surface area contributed by atoms with Crippen molar-refractivity contribution in [2.45, 2.75) is 16.2 Å². The van der Waals surface area contributed by atoms with Crippen LogP contribution in [-0.4, -0.2) is 29.2 Å². The number of aromatic nitrogens is 5. The van der Waals surface area contributed by atoms with E-state index in [0.717, 1.165) is 61.1 Å². The molecule has 2 unspecified atom stereocenters. The van der Waals surface area contributed by atoms with Crippen molar-refractivity contribution in [1.29, 1.82) is 0 Å². The Morgan fingerprint density at radius 3 is 2.24 bits per heavy atom. The van der Waals surface area contributed by atoms with E-state index in [9.17, 15) is 0 Å². The third kappa shape index (κ3) is 3.34. The van der Waals surface area contributed by atoms with Crippen LogP contribution in [0.1, 0.15) is 11.5 Å². The fraction of sp³-hybridized carbons (Fsp3) is 0.0571. The molecule has 9 rings (SSSR count). The van der Waals surface area contributed by atoms with Crippen LogP contribution in [0, 0.1) is 0 Å². The summed E-state index contributed by atoms with van der Waals surface area (Å²) in [6, 6.07) is 33.9. The Bertz CT molecular complexity index is 2220. The quantitative estimate of drug-likeness (QED) is 0.210. The van der Waals surface area contributed by atoms with E-state index < -0.39 is 0 Å². The topological polar surface area (TPSA) is 48.0 Å². The molecule has 0 radical (unpaired) electrons. The van der Waals surface area contributed by atoms with E-state index in [1.54, 1.807) is 0 Å². The second-order valence-electron chi connectivity index (χ2n) is 10.5. The number of hydrogen-bond donors (Lipinski definition) is 0. The average molecular weight is 546 g/mol. The van der Waals surface area contributed by atoms with Crippen molar-refractivity contribution < 1.29 is 0 Å². The zero-order valence-corrected chi connectivity index (χ0v) is 22.7. The number of imidazole rings is 2. The van der Waals surface area contributed by atoms with Gasteiger partial charge in [0.2, 0.25) is 5.78 Å². The Morgan fingerprint density at radius 2 is 1.34 bits per heavy atom. The monoisotopic (exact) mass is 545 g/mol. The SMILES string of the molecule is C1=CC2Sc3nc(-c4ccccc4-c4ccccc4-n4c5ccccc5n5c6ccccc6nc45)ncc3C2C=C1. The van der Waals surface area contributed by atoms with Gasteiger partial charge in [-0.15, -0.1) is 0 Å². The summed E-state index contributed by atoms with van der Waals surface area (Å²) in [5.74, 6) is 1.99. The Morgan fingerprint density at radius 1 is 0.634 bits per heavy atom. The smallest absolute Gasteiger partial charge is 0.220 e. The minimum absolute atomic E-state index is 0.347. The van der Waals surface area contributed by atoms with E-state index in [2.05, 4.69) is 124 Å². The van der Waals surface area contributed by atoms with Crippen LogP contribution in [0.4, 0.5) is 0 Å².